The SMILES string of the molecule is CC12CC(=O)OCCOCCOC(=O)CC3(C)OCC(O3)C(CO1)O2. The van der Waals surface area contributed by atoms with Crippen molar-refractivity contribution in [3.63, 3.8) is 0 Å². The maximum Gasteiger partial charge on any atom is 0.311 e. The second kappa shape index (κ2) is 7.55. The van der Waals surface area contributed by atoms with E-state index in [2.05, 4.69) is 0 Å². The lowest BCUT2D eigenvalue weighted by Gasteiger charge is -2.25. The van der Waals surface area contributed by atoms with Crippen LogP contribution in [0.5, 0.6) is 0 Å². The maximum absolute atomic E-state index is 11.9. The van der Waals surface area contributed by atoms with Crippen molar-refractivity contribution in [2.24, 2.45) is 0 Å². The van der Waals surface area contributed by atoms with Gasteiger partial charge in [-0.05, 0) is 13.8 Å². The largest absolute Gasteiger partial charge is 0.463 e. The number of ether oxygens (including phenoxy) is 7. The lowest BCUT2D eigenvalue weighted by Crippen LogP contribution is -2.37. The molecule has 0 aromatic carbocycles. The van der Waals surface area contributed by atoms with Crippen LogP contribution in [0.4, 0.5) is 0 Å². The summed E-state index contributed by atoms with van der Waals surface area (Å²) in [5.74, 6) is -3.01. The van der Waals surface area contributed by atoms with Crippen molar-refractivity contribution >= 4 is 11.9 Å². The highest BCUT2D eigenvalue weighted by Gasteiger charge is 2.49. The summed E-state index contributed by atoms with van der Waals surface area (Å²) >= 11 is 0. The van der Waals surface area contributed by atoms with Crippen LogP contribution in [0.25, 0.3) is 0 Å². The van der Waals surface area contributed by atoms with Gasteiger partial charge in [-0.25, -0.2) is 0 Å². The topological polar surface area (TPSA) is 98.8 Å². The first-order chi connectivity index (χ1) is 11.9. The predicted octanol–water partition coefficient (Wildman–Crippen LogP) is 0.146. The Hall–Kier alpha value is -1.26. The van der Waals surface area contributed by atoms with Gasteiger partial charge in [-0.3, -0.25) is 9.59 Å². The van der Waals surface area contributed by atoms with Gasteiger partial charge in [-0.2, -0.15) is 0 Å². The van der Waals surface area contributed by atoms with Gasteiger partial charge in [0, 0.05) is 0 Å². The van der Waals surface area contributed by atoms with Gasteiger partial charge < -0.3 is 33.2 Å². The number of carbonyl (C=O) groups is 2. The van der Waals surface area contributed by atoms with Gasteiger partial charge in [-0.15, -0.1) is 0 Å². The van der Waals surface area contributed by atoms with Gasteiger partial charge in [0.2, 0.25) is 0 Å². The number of carbonyl (C=O) groups excluding carboxylic acids is 2. The van der Waals surface area contributed by atoms with Crippen molar-refractivity contribution in [1.82, 2.24) is 0 Å². The van der Waals surface area contributed by atoms with E-state index in [9.17, 15) is 9.59 Å². The number of hydrogen-bond donors (Lipinski definition) is 0. The summed E-state index contributed by atoms with van der Waals surface area (Å²) in [5.41, 5.74) is 0. The highest BCUT2D eigenvalue weighted by molar-refractivity contribution is 5.70. The third kappa shape index (κ3) is 4.89. The monoisotopic (exact) mass is 360 g/mol. The minimum Gasteiger partial charge on any atom is -0.463 e. The molecule has 4 bridgehead atoms. The lowest BCUT2D eigenvalue weighted by atomic mass is 10.2. The molecule has 3 aliphatic heterocycles. The van der Waals surface area contributed by atoms with Gasteiger partial charge in [-0.1, -0.05) is 0 Å². The zero-order valence-electron chi connectivity index (χ0n) is 14.5. The van der Waals surface area contributed by atoms with Crippen LogP contribution in [0, 0.1) is 0 Å². The van der Waals surface area contributed by atoms with Crippen LogP contribution in [-0.2, 0) is 42.7 Å². The molecule has 0 spiro atoms. The van der Waals surface area contributed by atoms with E-state index in [1.807, 2.05) is 0 Å². The highest BCUT2D eigenvalue weighted by Crippen LogP contribution is 2.35. The minimum absolute atomic E-state index is 0.0318. The zero-order valence-corrected chi connectivity index (χ0v) is 14.5. The summed E-state index contributed by atoms with van der Waals surface area (Å²) in [5, 5.41) is 0. The Morgan fingerprint density at radius 3 is 1.64 bits per heavy atom. The Morgan fingerprint density at radius 1 is 0.760 bits per heavy atom. The van der Waals surface area contributed by atoms with E-state index in [-0.39, 0.29) is 52.5 Å². The quantitative estimate of drug-likeness (QED) is 0.559. The molecule has 3 heterocycles. The Balaban J connectivity index is 1.66. The summed E-state index contributed by atoms with van der Waals surface area (Å²) in [7, 11) is 0. The summed E-state index contributed by atoms with van der Waals surface area (Å²) in [6.07, 6.45) is -0.851. The van der Waals surface area contributed by atoms with E-state index in [1.165, 1.54) is 0 Å². The molecule has 0 aliphatic carbocycles. The average molecular weight is 360 g/mol. The van der Waals surface area contributed by atoms with Gasteiger partial charge in [0.15, 0.2) is 11.6 Å². The summed E-state index contributed by atoms with van der Waals surface area (Å²) < 4.78 is 38.5. The van der Waals surface area contributed by atoms with Gasteiger partial charge in [0.05, 0.1) is 39.3 Å². The molecule has 3 rings (SSSR count). The third-order valence-electron chi connectivity index (χ3n) is 4.23. The lowest BCUT2D eigenvalue weighted by molar-refractivity contribution is -0.201. The first kappa shape index (κ1) is 18.5. The van der Waals surface area contributed by atoms with E-state index in [4.69, 9.17) is 33.2 Å². The molecular weight excluding hydrogens is 336 g/mol. The molecule has 9 heteroatoms. The molecule has 0 amide bonds. The van der Waals surface area contributed by atoms with Crippen molar-refractivity contribution < 1.29 is 42.7 Å². The van der Waals surface area contributed by atoms with Gasteiger partial charge in [0.1, 0.15) is 25.4 Å². The van der Waals surface area contributed by atoms with E-state index in [0.717, 1.165) is 0 Å². The average Bonchev–Trinajstić information content (AvgIpc) is 3.09. The Bertz CT molecular complexity index is 466. The molecule has 25 heavy (non-hydrogen) atoms. The second-order valence-corrected chi connectivity index (χ2v) is 6.61. The molecule has 0 saturated carbocycles. The van der Waals surface area contributed by atoms with Crippen LogP contribution in [0.1, 0.15) is 26.7 Å². The van der Waals surface area contributed by atoms with Crippen LogP contribution >= 0.6 is 0 Å². The highest BCUT2D eigenvalue weighted by atomic mass is 16.8. The Labute approximate surface area is 145 Å². The molecule has 9 nitrogen and oxygen atoms in total. The van der Waals surface area contributed by atoms with E-state index in [0.29, 0.717) is 0 Å². The molecule has 0 N–H and O–H groups in total. The van der Waals surface area contributed by atoms with E-state index < -0.39 is 35.7 Å². The van der Waals surface area contributed by atoms with Gasteiger partial charge in [0.25, 0.3) is 0 Å². The first-order valence-corrected chi connectivity index (χ1v) is 8.40. The van der Waals surface area contributed by atoms with Crippen molar-refractivity contribution in [1.29, 1.82) is 0 Å². The molecule has 3 saturated heterocycles. The van der Waals surface area contributed by atoms with Crippen LogP contribution in [0.2, 0.25) is 0 Å². The first-order valence-electron chi connectivity index (χ1n) is 8.40. The maximum atomic E-state index is 11.9. The summed E-state index contributed by atoms with van der Waals surface area (Å²) in [6, 6.07) is 0. The normalized spacial score (nSPS) is 41.0. The van der Waals surface area contributed by atoms with Crippen molar-refractivity contribution in [3.05, 3.63) is 0 Å². The number of cyclic esters (lactones) is 2. The summed E-state index contributed by atoms with van der Waals surface area (Å²) in [6.45, 7) is 4.57. The molecule has 0 aromatic heterocycles. The van der Waals surface area contributed by atoms with Crippen molar-refractivity contribution in [2.75, 3.05) is 39.6 Å². The zero-order chi connectivity index (χ0) is 17.9. The van der Waals surface area contributed by atoms with Crippen molar-refractivity contribution in [3.8, 4) is 0 Å². The molecule has 0 radical (unpaired) electrons. The number of rotatable bonds is 0. The number of esters is 2. The van der Waals surface area contributed by atoms with E-state index >= 15 is 0 Å². The van der Waals surface area contributed by atoms with Crippen LogP contribution in [-0.4, -0.2) is 75.4 Å². The van der Waals surface area contributed by atoms with E-state index in [1.54, 1.807) is 13.8 Å². The van der Waals surface area contributed by atoms with Crippen LogP contribution in [0.3, 0.4) is 0 Å². The summed E-state index contributed by atoms with van der Waals surface area (Å²) in [4.78, 5) is 23.8. The molecular formula is C16H24O9. The number of hydrogen-bond acceptors (Lipinski definition) is 9. The second-order valence-electron chi connectivity index (χ2n) is 6.61. The minimum atomic E-state index is -1.07. The fraction of sp³-hybridized carbons (Fsp3) is 0.875. The molecule has 4 unspecified atom stereocenters. The van der Waals surface area contributed by atoms with Gasteiger partial charge >= 0.3 is 11.9 Å². The Kier molecular flexibility index (Phi) is 5.59. The molecule has 4 atom stereocenters. The molecule has 3 aliphatic rings. The molecule has 3 fully saturated rings. The predicted molar refractivity (Wildman–Crippen MR) is 80.4 cm³/mol. The molecule has 142 valence electrons. The Morgan fingerprint density at radius 2 is 1.20 bits per heavy atom. The van der Waals surface area contributed by atoms with Crippen molar-refractivity contribution in [2.45, 2.75) is 50.5 Å². The van der Waals surface area contributed by atoms with Crippen LogP contribution < -0.4 is 0 Å². The fourth-order valence-electron chi connectivity index (χ4n) is 3.00. The smallest absolute Gasteiger partial charge is 0.311 e. The number of fused-ring (bicyclic) bond motifs is 5. The standard InChI is InChI=1S/C16H24O9/c1-15-7-13(17)20-5-3-19-4-6-21-14(18)8-16(2)23-10-12(25-16)11(24-15)9-22-15/h11-12H,3-10H2,1-2H3. The van der Waals surface area contributed by atoms with Crippen LogP contribution in [0.15, 0.2) is 0 Å². The third-order valence-corrected chi connectivity index (χ3v) is 4.23. The fourth-order valence-corrected chi connectivity index (χ4v) is 3.00. The molecule has 0 aromatic rings.